The number of nitrogens with zero attached hydrogens (tertiary/aromatic N) is 3. The molecule has 0 unspecified atom stereocenters. The lowest BCUT2D eigenvalue weighted by Crippen LogP contribution is -2.38. The van der Waals surface area contributed by atoms with Crippen molar-refractivity contribution in [2.24, 2.45) is 0 Å². The molecule has 0 aliphatic rings. The van der Waals surface area contributed by atoms with Crippen molar-refractivity contribution in [2.45, 2.75) is 13.8 Å². The number of amides is 1. The first-order valence-corrected chi connectivity index (χ1v) is 10.7. The summed E-state index contributed by atoms with van der Waals surface area (Å²) in [6.45, 7) is 7.21. The van der Waals surface area contributed by atoms with E-state index in [9.17, 15) is 9.18 Å². The largest absolute Gasteiger partial charge is 0.302 e. The van der Waals surface area contributed by atoms with Gasteiger partial charge < -0.3 is 4.90 Å². The zero-order valence-corrected chi connectivity index (χ0v) is 19.2. The Morgan fingerprint density at radius 3 is 2.60 bits per heavy atom. The molecule has 1 amide bonds. The number of likely N-dealkylation sites (N-methyl/N-ethyl adjacent to an activating group) is 1. The SMILES string of the molecule is CCN(CC)CCN(C(=O)C=Cc1ccccc1Cl)c1nc2ccc(F)cc2s1.Cl. The summed E-state index contributed by atoms with van der Waals surface area (Å²) in [5.74, 6) is -0.496. The monoisotopic (exact) mass is 467 g/mol. The first-order chi connectivity index (χ1) is 14.0. The zero-order chi connectivity index (χ0) is 20.8. The van der Waals surface area contributed by atoms with Crippen LogP contribution in [0, 0.1) is 5.82 Å². The molecule has 3 aromatic rings. The Morgan fingerprint density at radius 2 is 1.90 bits per heavy atom. The van der Waals surface area contributed by atoms with Crippen LogP contribution in [-0.2, 0) is 4.79 Å². The van der Waals surface area contributed by atoms with Gasteiger partial charge in [0.15, 0.2) is 5.13 Å². The number of benzene rings is 2. The number of rotatable bonds is 8. The number of anilines is 1. The lowest BCUT2D eigenvalue weighted by atomic mass is 10.2. The number of thiazole rings is 1. The van der Waals surface area contributed by atoms with Crippen molar-refractivity contribution in [1.82, 2.24) is 9.88 Å². The summed E-state index contributed by atoms with van der Waals surface area (Å²) in [4.78, 5) is 21.5. The van der Waals surface area contributed by atoms with Crippen LogP contribution in [0.2, 0.25) is 5.02 Å². The molecule has 2 aromatic carbocycles. The topological polar surface area (TPSA) is 36.4 Å². The van der Waals surface area contributed by atoms with E-state index in [0.29, 0.717) is 22.2 Å². The molecule has 0 saturated carbocycles. The first-order valence-electron chi connectivity index (χ1n) is 9.54. The maximum atomic E-state index is 13.6. The van der Waals surface area contributed by atoms with Crippen LogP contribution in [0.25, 0.3) is 16.3 Å². The van der Waals surface area contributed by atoms with E-state index in [1.54, 1.807) is 23.1 Å². The van der Waals surface area contributed by atoms with Crippen molar-refractivity contribution >= 4 is 62.7 Å². The lowest BCUT2D eigenvalue weighted by molar-refractivity contribution is -0.114. The van der Waals surface area contributed by atoms with Crippen LogP contribution in [0.1, 0.15) is 19.4 Å². The molecule has 0 N–H and O–H groups in total. The van der Waals surface area contributed by atoms with Crippen LogP contribution in [-0.4, -0.2) is 42.0 Å². The molecule has 30 heavy (non-hydrogen) atoms. The minimum Gasteiger partial charge on any atom is -0.302 e. The number of hydrogen-bond donors (Lipinski definition) is 0. The van der Waals surface area contributed by atoms with Gasteiger partial charge in [-0.3, -0.25) is 9.69 Å². The number of aromatic nitrogens is 1. The zero-order valence-electron chi connectivity index (χ0n) is 16.8. The van der Waals surface area contributed by atoms with Crippen molar-refractivity contribution < 1.29 is 9.18 Å². The Morgan fingerprint density at radius 1 is 1.17 bits per heavy atom. The third-order valence-electron chi connectivity index (χ3n) is 4.68. The molecule has 0 atom stereocenters. The van der Waals surface area contributed by atoms with E-state index in [1.807, 2.05) is 18.2 Å². The number of carbonyl (C=O) groups is 1. The molecule has 0 fully saturated rings. The van der Waals surface area contributed by atoms with Crippen LogP contribution >= 0.6 is 35.3 Å². The molecule has 8 heteroatoms. The fourth-order valence-corrected chi connectivity index (χ4v) is 4.17. The summed E-state index contributed by atoms with van der Waals surface area (Å²) >= 11 is 7.50. The number of carbonyl (C=O) groups excluding carboxylic acids is 1. The van der Waals surface area contributed by atoms with Crippen LogP contribution in [0.15, 0.2) is 48.5 Å². The van der Waals surface area contributed by atoms with Crippen molar-refractivity contribution in [3.63, 3.8) is 0 Å². The molecule has 0 aliphatic carbocycles. The van der Waals surface area contributed by atoms with E-state index < -0.39 is 0 Å². The fourth-order valence-electron chi connectivity index (χ4n) is 2.94. The average molecular weight is 468 g/mol. The maximum Gasteiger partial charge on any atom is 0.252 e. The second-order valence-electron chi connectivity index (χ2n) is 6.48. The van der Waals surface area contributed by atoms with E-state index in [1.165, 1.54) is 29.5 Å². The van der Waals surface area contributed by atoms with Gasteiger partial charge in [-0.2, -0.15) is 0 Å². The standard InChI is InChI=1S/C22H23ClFN3OS.ClH/c1-3-26(4-2)13-14-27(21(28)12-9-16-7-5-6-8-18(16)23)22-25-19-11-10-17(24)15-20(19)29-22;/h5-12,15H,3-4,13-14H2,1-2H3;1H. The highest BCUT2D eigenvalue weighted by atomic mass is 35.5. The molecular weight excluding hydrogens is 444 g/mol. The Balaban J connectivity index is 0.00000320. The molecule has 0 saturated heterocycles. The third kappa shape index (κ3) is 6.01. The summed E-state index contributed by atoms with van der Waals surface area (Å²) in [6.07, 6.45) is 3.22. The van der Waals surface area contributed by atoms with Crippen LogP contribution in [0.5, 0.6) is 0 Å². The Bertz CT molecular complexity index is 1020. The highest BCUT2D eigenvalue weighted by Gasteiger charge is 2.19. The Kier molecular flexibility index (Phi) is 9.24. The summed E-state index contributed by atoms with van der Waals surface area (Å²) in [5, 5.41) is 1.15. The van der Waals surface area contributed by atoms with Crippen molar-refractivity contribution in [2.75, 3.05) is 31.1 Å². The second kappa shape index (κ2) is 11.4. The quantitative estimate of drug-likeness (QED) is 0.387. The van der Waals surface area contributed by atoms with Crippen LogP contribution in [0.3, 0.4) is 0 Å². The van der Waals surface area contributed by atoms with Crippen LogP contribution in [0.4, 0.5) is 9.52 Å². The smallest absolute Gasteiger partial charge is 0.252 e. The minimum absolute atomic E-state index is 0. The number of fused-ring (bicyclic) bond motifs is 1. The lowest BCUT2D eigenvalue weighted by Gasteiger charge is -2.23. The number of halogens is 3. The first kappa shape index (κ1) is 24.3. The van der Waals surface area contributed by atoms with Gasteiger partial charge in [-0.15, -0.1) is 12.4 Å². The minimum atomic E-state index is -0.313. The summed E-state index contributed by atoms with van der Waals surface area (Å²) < 4.78 is 14.3. The highest BCUT2D eigenvalue weighted by Crippen LogP contribution is 2.29. The van der Waals surface area contributed by atoms with Gasteiger partial charge in [0.25, 0.3) is 5.91 Å². The molecule has 1 heterocycles. The number of hydrogen-bond acceptors (Lipinski definition) is 4. The van der Waals surface area contributed by atoms with Gasteiger partial charge in [-0.25, -0.2) is 9.37 Å². The summed E-state index contributed by atoms with van der Waals surface area (Å²) in [5.41, 5.74) is 1.46. The molecule has 160 valence electrons. The summed E-state index contributed by atoms with van der Waals surface area (Å²) in [7, 11) is 0. The van der Waals surface area contributed by atoms with Gasteiger partial charge in [0.2, 0.25) is 0 Å². The van der Waals surface area contributed by atoms with E-state index in [-0.39, 0.29) is 24.1 Å². The molecule has 0 radical (unpaired) electrons. The Hall–Kier alpha value is -1.99. The van der Waals surface area contributed by atoms with E-state index in [0.717, 1.165) is 29.9 Å². The van der Waals surface area contributed by atoms with Crippen LogP contribution < -0.4 is 4.90 Å². The Labute approximate surface area is 191 Å². The van der Waals surface area contributed by atoms with Gasteiger partial charge >= 0.3 is 0 Å². The van der Waals surface area contributed by atoms with Crippen molar-refractivity contribution in [1.29, 1.82) is 0 Å². The van der Waals surface area contributed by atoms with E-state index >= 15 is 0 Å². The third-order valence-corrected chi connectivity index (χ3v) is 6.07. The molecule has 0 bridgehead atoms. The molecule has 4 nitrogen and oxygen atoms in total. The van der Waals surface area contributed by atoms with Gasteiger partial charge in [-0.1, -0.05) is 55.0 Å². The van der Waals surface area contributed by atoms with Crippen molar-refractivity contribution in [3.05, 3.63) is 64.9 Å². The van der Waals surface area contributed by atoms with Gasteiger partial charge in [0.05, 0.1) is 10.2 Å². The average Bonchev–Trinajstić information content (AvgIpc) is 3.13. The van der Waals surface area contributed by atoms with Crippen molar-refractivity contribution in [3.8, 4) is 0 Å². The predicted octanol–water partition coefficient (Wildman–Crippen LogP) is 5.90. The summed E-state index contributed by atoms with van der Waals surface area (Å²) in [6, 6.07) is 11.8. The van der Waals surface area contributed by atoms with Gasteiger partial charge in [0, 0.05) is 24.2 Å². The predicted molar refractivity (Wildman–Crippen MR) is 127 cm³/mol. The van der Waals surface area contributed by atoms with Gasteiger partial charge in [0.1, 0.15) is 5.82 Å². The molecule has 0 spiro atoms. The molecule has 1 aromatic heterocycles. The molecule has 0 aliphatic heterocycles. The normalized spacial score (nSPS) is 11.2. The van der Waals surface area contributed by atoms with E-state index in [4.69, 9.17) is 11.6 Å². The fraction of sp³-hybridized carbons (Fsp3) is 0.273. The maximum absolute atomic E-state index is 13.6. The van der Waals surface area contributed by atoms with E-state index in [2.05, 4.69) is 23.7 Å². The highest BCUT2D eigenvalue weighted by molar-refractivity contribution is 7.22. The molecular formula is C22H24Cl2FN3OS. The van der Waals surface area contributed by atoms with Gasteiger partial charge in [-0.05, 0) is 49.0 Å². The molecule has 3 rings (SSSR count). The second-order valence-corrected chi connectivity index (χ2v) is 7.90.